The van der Waals surface area contributed by atoms with Crippen LogP contribution in [0.25, 0.3) is 16.5 Å². The molecule has 4 rings (SSSR count). The summed E-state index contributed by atoms with van der Waals surface area (Å²) in [5.74, 6) is 1.61. The topological polar surface area (TPSA) is 54.5 Å². The summed E-state index contributed by atoms with van der Waals surface area (Å²) in [6, 6.07) is 23.5. The van der Waals surface area contributed by atoms with Gasteiger partial charge in [0, 0.05) is 18.6 Å². The molecule has 144 valence electrons. The number of rotatable bonds is 6. The van der Waals surface area contributed by atoms with Crippen LogP contribution in [0.4, 0.5) is 0 Å². The average Bonchev–Trinajstić information content (AvgIpc) is 3.11. The molecule has 0 atom stereocenters. The van der Waals surface area contributed by atoms with Gasteiger partial charge < -0.3 is 0 Å². The first-order valence-electron chi connectivity index (χ1n) is 9.65. The minimum absolute atomic E-state index is 0.489. The van der Waals surface area contributed by atoms with Crippen LogP contribution in [0.15, 0.2) is 65.8 Å². The van der Waals surface area contributed by atoms with Gasteiger partial charge in [-0.1, -0.05) is 71.9 Å². The Balaban J connectivity index is 1.79. The molecule has 0 aliphatic heterocycles. The molecular weight excluding hydrogens is 376 g/mol. The van der Waals surface area contributed by atoms with Gasteiger partial charge in [-0.25, -0.2) is 0 Å². The zero-order chi connectivity index (χ0) is 20.2. The third kappa shape index (κ3) is 4.03. The van der Waals surface area contributed by atoms with E-state index in [1.54, 1.807) is 11.8 Å². The Kier molecular flexibility index (Phi) is 5.64. The van der Waals surface area contributed by atoms with Crippen LogP contribution in [0.1, 0.15) is 28.9 Å². The Morgan fingerprint density at radius 2 is 1.83 bits per heavy atom. The maximum absolute atomic E-state index is 8.90. The van der Waals surface area contributed by atoms with Crippen molar-refractivity contribution in [3.63, 3.8) is 0 Å². The number of hydrogen-bond acceptors (Lipinski definition) is 4. The normalized spacial score (nSPS) is 10.9. The van der Waals surface area contributed by atoms with Crippen LogP contribution in [0.5, 0.6) is 0 Å². The lowest BCUT2D eigenvalue weighted by Gasteiger charge is -2.14. The van der Waals surface area contributed by atoms with E-state index < -0.39 is 0 Å². The van der Waals surface area contributed by atoms with Crippen LogP contribution in [0.3, 0.4) is 0 Å². The summed E-state index contributed by atoms with van der Waals surface area (Å²) in [7, 11) is 0. The Morgan fingerprint density at radius 1 is 1.00 bits per heavy atom. The van der Waals surface area contributed by atoms with Crippen LogP contribution in [0.2, 0.25) is 0 Å². The van der Waals surface area contributed by atoms with Gasteiger partial charge in [-0.05, 0) is 41.8 Å². The van der Waals surface area contributed by atoms with Crippen LogP contribution < -0.4 is 0 Å². The van der Waals surface area contributed by atoms with E-state index in [2.05, 4.69) is 95.3 Å². The second kappa shape index (κ2) is 8.50. The molecule has 4 aromatic rings. The van der Waals surface area contributed by atoms with Gasteiger partial charge >= 0.3 is 0 Å². The molecule has 0 aliphatic carbocycles. The van der Waals surface area contributed by atoms with Gasteiger partial charge in [-0.3, -0.25) is 4.57 Å². The minimum Gasteiger partial charge on any atom is -0.273 e. The Hall–Kier alpha value is -3.10. The highest BCUT2D eigenvalue weighted by atomic mass is 32.2. The highest BCUT2D eigenvalue weighted by molar-refractivity contribution is 7.99. The molecule has 0 saturated heterocycles. The number of aromatic nitrogens is 3. The molecule has 0 amide bonds. The molecule has 0 aliphatic rings. The van der Waals surface area contributed by atoms with E-state index in [4.69, 9.17) is 5.26 Å². The first-order chi connectivity index (χ1) is 14.2. The van der Waals surface area contributed by atoms with Gasteiger partial charge in [0.25, 0.3) is 0 Å². The van der Waals surface area contributed by atoms with Crippen LogP contribution in [0, 0.1) is 25.2 Å². The van der Waals surface area contributed by atoms with Crippen molar-refractivity contribution in [3.8, 4) is 11.8 Å². The molecule has 0 fully saturated rings. The predicted octanol–water partition coefficient (Wildman–Crippen LogP) is 5.63. The number of nitriles is 1. The van der Waals surface area contributed by atoms with Crippen LogP contribution >= 0.6 is 11.8 Å². The Labute approximate surface area is 175 Å². The fourth-order valence-electron chi connectivity index (χ4n) is 3.61. The van der Waals surface area contributed by atoms with Crippen molar-refractivity contribution in [3.05, 3.63) is 83.2 Å². The van der Waals surface area contributed by atoms with Crippen molar-refractivity contribution in [2.45, 2.75) is 31.8 Å². The summed E-state index contributed by atoms with van der Waals surface area (Å²) in [4.78, 5) is 0. The summed E-state index contributed by atoms with van der Waals surface area (Å²) >= 11 is 1.58. The second-order valence-electron chi connectivity index (χ2n) is 7.10. The number of fused-ring (bicyclic) bond motifs is 1. The van der Waals surface area contributed by atoms with Crippen molar-refractivity contribution >= 4 is 22.5 Å². The Morgan fingerprint density at radius 3 is 2.66 bits per heavy atom. The van der Waals surface area contributed by atoms with Crippen molar-refractivity contribution in [2.75, 3.05) is 5.75 Å². The number of aryl methyl sites for hydroxylation is 2. The van der Waals surface area contributed by atoms with Gasteiger partial charge in [-0.2, -0.15) is 5.26 Å². The van der Waals surface area contributed by atoms with E-state index in [1.807, 2.05) is 0 Å². The van der Waals surface area contributed by atoms with Gasteiger partial charge in [0.1, 0.15) is 5.82 Å². The third-order valence-corrected chi connectivity index (χ3v) is 5.90. The number of hydrogen-bond donors (Lipinski definition) is 0. The fourth-order valence-corrected chi connectivity index (χ4v) is 4.42. The first-order valence-corrected chi connectivity index (χ1v) is 10.6. The lowest BCUT2D eigenvalue weighted by molar-refractivity contribution is 0.842. The fraction of sp³-hybridized carbons (Fsp3) is 0.208. The lowest BCUT2D eigenvalue weighted by Crippen LogP contribution is -2.06. The molecule has 1 heterocycles. The maximum atomic E-state index is 8.90. The molecule has 3 aromatic carbocycles. The van der Waals surface area contributed by atoms with E-state index in [9.17, 15) is 0 Å². The summed E-state index contributed by atoms with van der Waals surface area (Å²) < 4.78 is 2.15. The van der Waals surface area contributed by atoms with Crippen molar-refractivity contribution in [1.29, 1.82) is 5.26 Å². The van der Waals surface area contributed by atoms with Crippen LogP contribution in [-0.4, -0.2) is 20.5 Å². The van der Waals surface area contributed by atoms with E-state index in [1.165, 1.54) is 27.5 Å². The maximum Gasteiger partial charge on any atom is 0.195 e. The molecule has 0 bridgehead atoms. The molecule has 4 nitrogen and oxygen atoms in total. The van der Waals surface area contributed by atoms with E-state index >= 15 is 0 Å². The van der Waals surface area contributed by atoms with Gasteiger partial charge in [-0.15, -0.1) is 10.2 Å². The predicted molar refractivity (Wildman–Crippen MR) is 119 cm³/mol. The Bertz CT molecular complexity index is 1200. The summed E-state index contributed by atoms with van der Waals surface area (Å²) in [6.07, 6.45) is 1.18. The van der Waals surface area contributed by atoms with Crippen molar-refractivity contribution < 1.29 is 0 Å². The number of benzene rings is 3. The highest BCUT2D eigenvalue weighted by Gasteiger charge is 2.17. The largest absolute Gasteiger partial charge is 0.273 e. The summed E-state index contributed by atoms with van der Waals surface area (Å²) in [5, 5.41) is 21.2. The summed E-state index contributed by atoms with van der Waals surface area (Å²) in [6.45, 7) is 4.22. The van der Waals surface area contributed by atoms with Gasteiger partial charge in [0.2, 0.25) is 0 Å². The quantitative estimate of drug-likeness (QED) is 0.312. The highest BCUT2D eigenvalue weighted by Crippen LogP contribution is 2.28. The lowest BCUT2D eigenvalue weighted by atomic mass is 10.0. The molecule has 0 saturated carbocycles. The van der Waals surface area contributed by atoms with E-state index in [0.717, 1.165) is 16.7 Å². The van der Waals surface area contributed by atoms with Gasteiger partial charge in [0.05, 0.1) is 11.8 Å². The molecular formula is C24H22N4S. The smallest absolute Gasteiger partial charge is 0.195 e. The second-order valence-corrected chi connectivity index (χ2v) is 8.16. The number of thioether (sulfide) groups is 1. The van der Waals surface area contributed by atoms with E-state index in [-0.39, 0.29) is 0 Å². The van der Waals surface area contributed by atoms with Crippen LogP contribution in [-0.2, 0) is 6.42 Å². The minimum atomic E-state index is 0.489. The van der Waals surface area contributed by atoms with Gasteiger partial charge in [0.15, 0.2) is 5.16 Å². The molecule has 0 unspecified atom stereocenters. The summed E-state index contributed by atoms with van der Waals surface area (Å²) in [5.41, 5.74) is 4.74. The molecule has 29 heavy (non-hydrogen) atoms. The zero-order valence-electron chi connectivity index (χ0n) is 16.6. The molecule has 5 heteroatoms. The molecule has 0 N–H and O–H groups in total. The monoisotopic (exact) mass is 398 g/mol. The molecule has 0 radical (unpaired) electrons. The first kappa shape index (κ1) is 19.2. The van der Waals surface area contributed by atoms with Crippen molar-refractivity contribution in [2.24, 2.45) is 0 Å². The third-order valence-electron chi connectivity index (χ3n) is 4.97. The molecule has 0 spiro atoms. The standard InChI is InChI=1S/C24H22N4S/c1-17-11-12-22(18(2)15-17)28-23(26-27-24(28)29-14-6-13-25)16-20-9-5-8-19-7-3-4-10-21(19)20/h3-5,7-12,15H,6,14,16H2,1-2H3. The average molecular weight is 399 g/mol. The number of nitrogens with zero attached hydrogens (tertiary/aromatic N) is 4. The molecule has 1 aromatic heterocycles. The SMILES string of the molecule is Cc1ccc(-n2c(Cc3cccc4ccccc34)nnc2SCCC#N)c(C)c1. The zero-order valence-corrected chi connectivity index (χ0v) is 17.4. The van der Waals surface area contributed by atoms with E-state index in [0.29, 0.717) is 18.6 Å². The van der Waals surface area contributed by atoms with Crippen molar-refractivity contribution in [1.82, 2.24) is 14.8 Å².